The van der Waals surface area contributed by atoms with Crippen molar-refractivity contribution in [1.29, 1.82) is 0 Å². The van der Waals surface area contributed by atoms with E-state index in [2.05, 4.69) is 0 Å². The summed E-state index contributed by atoms with van der Waals surface area (Å²) < 4.78 is 14.0. The molecule has 0 radical (unpaired) electrons. The van der Waals surface area contributed by atoms with Crippen LogP contribution in [0.5, 0.6) is 0 Å². The molecule has 0 spiro atoms. The molecule has 66 valence electrons. The molecule has 0 atom stereocenters. The lowest BCUT2D eigenvalue weighted by atomic mass is 9.70. The Morgan fingerprint density at radius 1 is 0.917 bits per heavy atom. The highest BCUT2D eigenvalue weighted by Crippen LogP contribution is 2.44. The molecule has 0 unspecified atom stereocenters. The number of fused-ring (bicyclic) bond motifs is 1. The summed E-state index contributed by atoms with van der Waals surface area (Å²) in [6.45, 7) is 0. The molecule has 2 rings (SSSR count). The first-order valence-electron chi connectivity index (χ1n) is 4.38. The Morgan fingerprint density at radius 2 is 1.33 bits per heavy atom. The van der Waals surface area contributed by atoms with Crippen LogP contribution in [-0.2, 0) is 0 Å². The van der Waals surface area contributed by atoms with Gasteiger partial charge < -0.3 is 5.11 Å². The second kappa shape index (κ2) is 2.43. The zero-order valence-corrected chi connectivity index (χ0v) is 6.96. The molecule has 0 saturated heterocycles. The summed E-state index contributed by atoms with van der Waals surface area (Å²) in [5.74, 6) is 0. The van der Waals surface area contributed by atoms with Gasteiger partial charge in [-0.05, 0) is 12.8 Å². The lowest BCUT2D eigenvalue weighted by molar-refractivity contribution is -0.106. The molecule has 0 heterocycles. The molecule has 0 aromatic heterocycles. The number of rotatable bonds is 0. The second-order valence-corrected chi connectivity index (χ2v) is 3.76. The summed E-state index contributed by atoms with van der Waals surface area (Å²) in [5, 5.41) is 9.97. The van der Waals surface area contributed by atoms with Crippen molar-refractivity contribution in [3.8, 4) is 0 Å². The van der Waals surface area contributed by atoms with Crippen LogP contribution in [0.25, 0.3) is 0 Å². The number of hydrogen-bond acceptors (Lipinski definition) is 1. The molecule has 0 fully saturated rings. The van der Waals surface area contributed by atoms with Gasteiger partial charge in [0.1, 0.15) is 11.3 Å². The molecule has 12 heavy (non-hydrogen) atoms. The molecule has 0 aromatic carbocycles. The minimum atomic E-state index is -1.41. The average Bonchev–Trinajstić information content (AvgIpc) is 2.05. The van der Waals surface area contributed by atoms with Crippen molar-refractivity contribution in [3.05, 3.63) is 24.3 Å². The van der Waals surface area contributed by atoms with E-state index in [0.29, 0.717) is 25.7 Å². The van der Waals surface area contributed by atoms with Crippen molar-refractivity contribution in [2.75, 3.05) is 0 Å². The Morgan fingerprint density at radius 3 is 1.75 bits per heavy atom. The Kier molecular flexibility index (Phi) is 1.62. The summed E-state index contributed by atoms with van der Waals surface area (Å²) >= 11 is 0. The molecule has 2 heteroatoms. The van der Waals surface area contributed by atoms with Gasteiger partial charge in [0.15, 0.2) is 0 Å². The number of allylic oxidation sites excluding steroid dienone is 2. The third-order valence-corrected chi connectivity index (χ3v) is 2.96. The monoisotopic (exact) mass is 168 g/mol. The first-order valence-corrected chi connectivity index (χ1v) is 4.38. The normalized spacial score (nSPS) is 45.8. The minimum Gasteiger partial charge on any atom is -0.386 e. The van der Waals surface area contributed by atoms with Crippen molar-refractivity contribution in [1.82, 2.24) is 0 Å². The minimum absolute atomic E-state index is 0.355. The van der Waals surface area contributed by atoms with Gasteiger partial charge in [0, 0.05) is 12.8 Å². The van der Waals surface area contributed by atoms with Crippen LogP contribution in [0.15, 0.2) is 24.3 Å². The summed E-state index contributed by atoms with van der Waals surface area (Å²) in [4.78, 5) is 0. The van der Waals surface area contributed by atoms with Crippen LogP contribution in [0.3, 0.4) is 0 Å². The molecular weight excluding hydrogens is 155 g/mol. The molecule has 0 bridgehead atoms. The zero-order valence-electron chi connectivity index (χ0n) is 6.96. The van der Waals surface area contributed by atoms with E-state index in [0.717, 1.165) is 0 Å². The standard InChI is InChI=1S/C10H13FO/c11-9-5-1-3-7-10(9,12)8-4-2-6-9/h1-4,12H,5-8H2. The van der Waals surface area contributed by atoms with E-state index in [1.54, 1.807) is 0 Å². The summed E-state index contributed by atoms with van der Waals surface area (Å²) in [5.41, 5.74) is -2.53. The SMILES string of the molecule is OC12CC=CCC1(F)CC=CC2. The highest BCUT2D eigenvalue weighted by Gasteiger charge is 2.51. The van der Waals surface area contributed by atoms with Crippen molar-refractivity contribution in [2.24, 2.45) is 0 Å². The third kappa shape index (κ3) is 0.944. The maximum absolute atomic E-state index is 14.0. The largest absolute Gasteiger partial charge is 0.386 e. The van der Waals surface area contributed by atoms with Gasteiger partial charge in [-0.3, -0.25) is 0 Å². The van der Waals surface area contributed by atoms with Crippen LogP contribution in [-0.4, -0.2) is 16.4 Å². The van der Waals surface area contributed by atoms with Gasteiger partial charge in [-0.2, -0.15) is 0 Å². The summed E-state index contributed by atoms with van der Waals surface area (Å²) in [6, 6.07) is 0. The molecule has 1 nitrogen and oxygen atoms in total. The van der Waals surface area contributed by atoms with E-state index >= 15 is 0 Å². The van der Waals surface area contributed by atoms with Gasteiger partial charge in [-0.1, -0.05) is 24.3 Å². The highest BCUT2D eigenvalue weighted by molar-refractivity contribution is 5.19. The average molecular weight is 168 g/mol. The van der Waals surface area contributed by atoms with E-state index < -0.39 is 11.3 Å². The second-order valence-electron chi connectivity index (χ2n) is 3.76. The molecule has 0 aliphatic heterocycles. The Labute approximate surface area is 71.6 Å². The van der Waals surface area contributed by atoms with E-state index in [4.69, 9.17) is 0 Å². The number of halogens is 1. The van der Waals surface area contributed by atoms with Crippen molar-refractivity contribution in [2.45, 2.75) is 37.0 Å². The predicted octanol–water partition coefficient (Wildman–Crippen LogP) is 2.13. The van der Waals surface area contributed by atoms with E-state index in [-0.39, 0.29) is 0 Å². The topological polar surface area (TPSA) is 20.2 Å². The van der Waals surface area contributed by atoms with Gasteiger partial charge in [0.2, 0.25) is 0 Å². The van der Waals surface area contributed by atoms with Gasteiger partial charge in [0.05, 0.1) is 0 Å². The maximum atomic E-state index is 14.0. The Hall–Kier alpha value is -0.630. The van der Waals surface area contributed by atoms with Crippen LogP contribution in [0.2, 0.25) is 0 Å². The van der Waals surface area contributed by atoms with Crippen LogP contribution >= 0.6 is 0 Å². The van der Waals surface area contributed by atoms with Crippen molar-refractivity contribution in [3.63, 3.8) is 0 Å². The number of hydrogen-bond donors (Lipinski definition) is 1. The van der Waals surface area contributed by atoms with Gasteiger partial charge in [-0.25, -0.2) is 4.39 Å². The smallest absolute Gasteiger partial charge is 0.146 e. The molecule has 0 aromatic rings. The van der Waals surface area contributed by atoms with E-state index in [9.17, 15) is 9.50 Å². The molecule has 2 aliphatic carbocycles. The van der Waals surface area contributed by atoms with Crippen LogP contribution < -0.4 is 0 Å². The molecule has 1 N–H and O–H groups in total. The number of alkyl halides is 1. The first kappa shape index (κ1) is 7.99. The summed E-state index contributed by atoms with van der Waals surface area (Å²) in [6.07, 6.45) is 9.01. The summed E-state index contributed by atoms with van der Waals surface area (Å²) in [7, 11) is 0. The lowest BCUT2D eigenvalue weighted by Gasteiger charge is -2.44. The maximum Gasteiger partial charge on any atom is 0.146 e. The molecular formula is C10H13FO. The van der Waals surface area contributed by atoms with Crippen LogP contribution in [0, 0.1) is 0 Å². The Balaban J connectivity index is 2.35. The molecule has 0 amide bonds. The first-order chi connectivity index (χ1) is 5.66. The van der Waals surface area contributed by atoms with Gasteiger partial charge >= 0.3 is 0 Å². The third-order valence-electron chi connectivity index (χ3n) is 2.96. The predicted molar refractivity (Wildman–Crippen MR) is 45.5 cm³/mol. The van der Waals surface area contributed by atoms with Crippen molar-refractivity contribution < 1.29 is 9.50 Å². The van der Waals surface area contributed by atoms with E-state index in [1.165, 1.54) is 0 Å². The fourth-order valence-electron chi connectivity index (χ4n) is 2.01. The van der Waals surface area contributed by atoms with Gasteiger partial charge in [0.25, 0.3) is 0 Å². The lowest BCUT2D eigenvalue weighted by Crippen LogP contribution is -2.52. The zero-order chi connectivity index (χ0) is 8.66. The highest BCUT2D eigenvalue weighted by atomic mass is 19.1. The number of aliphatic hydroxyl groups is 1. The fourth-order valence-corrected chi connectivity index (χ4v) is 2.01. The molecule has 0 saturated carbocycles. The Bertz CT molecular complexity index is 200. The van der Waals surface area contributed by atoms with Crippen molar-refractivity contribution >= 4 is 0 Å². The quantitative estimate of drug-likeness (QED) is 0.549. The van der Waals surface area contributed by atoms with Crippen LogP contribution in [0.4, 0.5) is 4.39 Å². The van der Waals surface area contributed by atoms with E-state index in [1.807, 2.05) is 24.3 Å². The molecule has 2 aliphatic rings. The van der Waals surface area contributed by atoms with Gasteiger partial charge in [-0.15, -0.1) is 0 Å². The van der Waals surface area contributed by atoms with Crippen LogP contribution in [0.1, 0.15) is 25.7 Å². The fraction of sp³-hybridized carbons (Fsp3) is 0.600.